The lowest BCUT2D eigenvalue weighted by Crippen LogP contribution is -2.36. The molecule has 138 valence electrons. The minimum absolute atomic E-state index is 0.270. The number of anilines is 3. The molecule has 0 aliphatic carbocycles. The van der Waals surface area contributed by atoms with Gasteiger partial charge in [0.05, 0.1) is 6.61 Å². The van der Waals surface area contributed by atoms with Crippen LogP contribution in [0.4, 0.5) is 17.5 Å². The van der Waals surface area contributed by atoms with Gasteiger partial charge in [-0.05, 0) is 31.9 Å². The Balaban J connectivity index is 1.70. The smallest absolute Gasteiger partial charge is 0.341 e. The Morgan fingerprint density at radius 2 is 2.27 bits per heavy atom. The molecule has 8 heteroatoms. The molecule has 1 saturated heterocycles. The standard InChI is InChI=1S/C18H24N6O2/c1-3-26-18(25)14-7-4-8-20-17(14)21-11-13-6-5-9-24(13)16-10-15(19-2)22-12-23-16/h4,7-8,10,12-13H,3,5-6,9,11H2,1-2H3,(H,20,21)(H,19,22,23). The van der Waals surface area contributed by atoms with Gasteiger partial charge in [0, 0.05) is 38.4 Å². The van der Waals surface area contributed by atoms with Crippen LogP contribution in [-0.4, -0.2) is 53.7 Å². The zero-order valence-corrected chi connectivity index (χ0v) is 15.1. The minimum atomic E-state index is -0.360. The van der Waals surface area contributed by atoms with E-state index in [1.807, 2.05) is 13.1 Å². The molecule has 2 aromatic rings. The number of nitrogens with one attached hydrogen (secondary N) is 2. The van der Waals surface area contributed by atoms with Gasteiger partial charge < -0.3 is 20.3 Å². The van der Waals surface area contributed by atoms with E-state index in [1.165, 1.54) is 0 Å². The highest BCUT2D eigenvalue weighted by Crippen LogP contribution is 2.25. The van der Waals surface area contributed by atoms with Gasteiger partial charge in [0.2, 0.25) is 0 Å². The van der Waals surface area contributed by atoms with Gasteiger partial charge in [0.15, 0.2) is 0 Å². The van der Waals surface area contributed by atoms with E-state index in [-0.39, 0.29) is 12.0 Å². The number of hydrogen-bond acceptors (Lipinski definition) is 8. The third-order valence-electron chi connectivity index (χ3n) is 4.39. The highest BCUT2D eigenvalue weighted by molar-refractivity contribution is 5.94. The lowest BCUT2D eigenvalue weighted by atomic mass is 10.2. The lowest BCUT2D eigenvalue weighted by Gasteiger charge is -2.26. The Morgan fingerprint density at radius 3 is 3.08 bits per heavy atom. The first kappa shape index (κ1) is 17.9. The average Bonchev–Trinajstić information content (AvgIpc) is 3.15. The van der Waals surface area contributed by atoms with Crippen LogP contribution in [0.5, 0.6) is 0 Å². The molecule has 2 N–H and O–H groups in total. The molecule has 3 heterocycles. The summed E-state index contributed by atoms with van der Waals surface area (Å²) >= 11 is 0. The maximum Gasteiger partial charge on any atom is 0.341 e. The SMILES string of the molecule is CCOC(=O)c1cccnc1NCC1CCCN1c1cc(NC)ncn1. The van der Waals surface area contributed by atoms with Crippen LogP contribution in [0, 0.1) is 0 Å². The topological polar surface area (TPSA) is 92.3 Å². The van der Waals surface area contributed by atoms with E-state index < -0.39 is 0 Å². The van der Waals surface area contributed by atoms with E-state index in [4.69, 9.17) is 4.74 Å². The van der Waals surface area contributed by atoms with Crippen molar-refractivity contribution in [2.75, 3.05) is 42.3 Å². The third kappa shape index (κ3) is 4.01. The molecule has 0 radical (unpaired) electrons. The van der Waals surface area contributed by atoms with Gasteiger partial charge in [-0.2, -0.15) is 0 Å². The fourth-order valence-corrected chi connectivity index (χ4v) is 3.12. The molecule has 0 aromatic carbocycles. The molecule has 1 fully saturated rings. The summed E-state index contributed by atoms with van der Waals surface area (Å²) < 4.78 is 5.10. The Kier molecular flexibility index (Phi) is 5.83. The molecular formula is C18H24N6O2. The number of rotatable bonds is 7. The molecule has 0 saturated carbocycles. The largest absolute Gasteiger partial charge is 0.462 e. The predicted octanol–water partition coefficient (Wildman–Crippen LogP) is 2.17. The fourth-order valence-electron chi connectivity index (χ4n) is 3.12. The average molecular weight is 356 g/mol. The van der Waals surface area contributed by atoms with Crippen molar-refractivity contribution in [3.63, 3.8) is 0 Å². The third-order valence-corrected chi connectivity index (χ3v) is 4.39. The summed E-state index contributed by atoms with van der Waals surface area (Å²) in [6, 6.07) is 5.68. The zero-order valence-electron chi connectivity index (χ0n) is 15.1. The molecule has 1 aliphatic rings. The summed E-state index contributed by atoms with van der Waals surface area (Å²) in [7, 11) is 1.84. The van der Waals surface area contributed by atoms with E-state index in [2.05, 4.69) is 30.5 Å². The van der Waals surface area contributed by atoms with Gasteiger partial charge in [-0.15, -0.1) is 0 Å². The van der Waals surface area contributed by atoms with Gasteiger partial charge in [0.25, 0.3) is 0 Å². The molecular weight excluding hydrogens is 332 g/mol. The number of esters is 1. The van der Waals surface area contributed by atoms with Crippen LogP contribution in [0.25, 0.3) is 0 Å². The molecule has 2 aromatic heterocycles. The number of pyridine rings is 1. The molecule has 3 rings (SSSR count). The van der Waals surface area contributed by atoms with Crippen LogP contribution in [-0.2, 0) is 4.74 Å². The summed E-state index contributed by atoms with van der Waals surface area (Å²) in [5, 5.41) is 6.35. The van der Waals surface area contributed by atoms with Crippen molar-refractivity contribution in [2.45, 2.75) is 25.8 Å². The maximum atomic E-state index is 12.1. The number of aromatic nitrogens is 3. The van der Waals surface area contributed by atoms with Crippen LogP contribution in [0.3, 0.4) is 0 Å². The first-order chi connectivity index (χ1) is 12.7. The number of nitrogens with zero attached hydrogens (tertiary/aromatic N) is 4. The summed E-state index contributed by atoms with van der Waals surface area (Å²) in [5.41, 5.74) is 0.457. The minimum Gasteiger partial charge on any atom is -0.462 e. The van der Waals surface area contributed by atoms with Crippen molar-refractivity contribution < 1.29 is 9.53 Å². The van der Waals surface area contributed by atoms with Crippen molar-refractivity contribution in [1.29, 1.82) is 0 Å². The molecule has 0 bridgehead atoms. The summed E-state index contributed by atoms with van der Waals surface area (Å²) in [6.45, 7) is 3.74. The quantitative estimate of drug-likeness (QED) is 0.729. The first-order valence-electron chi connectivity index (χ1n) is 8.85. The van der Waals surface area contributed by atoms with Crippen LogP contribution in [0.1, 0.15) is 30.1 Å². The first-order valence-corrected chi connectivity index (χ1v) is 8.85. The summed E-state index contributed by atoms with van der Waals surface area (Å²) in [6.07, 6.45) is 5.38. The maximum absolute atomic E-state index is 12.1. The van der Waals surface area contributed by atoms with Gasteiger partial charge in [0.1, 0.15) is 29.3 Å². The van der Waals surface area contributed by atoms with Crippen LogP contribution >= 0.6 is 0 Å². The van der Waals surface area contributed by atoms with E-state index in [9.17, 15) is 4.79 Å². The van der Waals surface area contributed by atoms with Crippen LogP contribution in [0.2, 0.25) is 0 Å². The van der Waals surface area contributed by atoms with Crippen molar-refractivity contribution in [3.8, 4) is 0 Å². The molecule has 1 unspecified atom stereocenters. The highest BCUT2D eigenvalue weighted by Gasteiger charge is 2.26. The van der Waals surface area contributed by atoms with E-state index >= 15 is 0 Å². The summed E-state index contributed by atoms with van der Waals surface area (Å²) in [5.74, 6) is 1.89. The Hall–Kier alpha value is -2.90. The van der Waals surface area contributed by atoms with Crippen LogP contribution < -0.4 is 15.5 Å². The van der Waals surface area contributed by atoms with Gasteiger partial charge in [-0.3, -0.25) is 0 Å². The van der Waals surface area contributed by atoms with E-state index in [1.54, 1.807) is 31.6 Å². The second-order valence-electron chi connectivity index (χ2n) is 6.00. The van der Waals surface area contributed by atoms with Crippen molar-refractivity contribution in [3.05, 3.63) is 36.3 Å². The molecule has 8 nitrogen and oxygen atoms in total. The number of carbonyl (C=O) groups is 1. The second kappa shape index (κ2) is 8.46. The normalized spacial score (nSPS) is 16.4. The van der Waals surface area contributed by atoms with Crippen molar-refractivity contribution >= 4 is 23.4 Å². The van der Waals surface area contributed by atoms with Crippen LogP contribution in [0.15, 0.2) is 30.7 Å². The lowest BCUT2D eigenvalue weighted by molar-refractivity contribution is 0.0527. The van der Waals surface area contributed by atoms with E-state index in [0.717, 1.165) is 31.0 Å². The van der Waals surface area contributed by atoms with Crippen molar-refractivity contribution in [1.82, 2.24) is 15.0 Å². The molecule has 1 atom stereocenters. The fraction of sp³-hybridized carbons (Fsp3) is 0.444. The number of ether oxygens (including phenoxy) is 1. The molecule has 26 heavy (non-hydrogen) atoms. The Labute approximate surface area is 153 Å². The predicted molar refractivity (Wildman–Crippen MR) is 101 cm³/mol. The van der Waals surface area contributed by atoms with Gasteiger partial charge in [-0.1, -0.05) is 0 Å². The van der Waals surface area contributed by atoms with Gasteiger partial charge >= 0.3 is 5.97 Å². The second-order valence-corrected chi connectivity index (χ2v) is 6.00. The Bertz CT molecular complexity index is 754. The monoisotopic (exact) mass is 356 g/mol. The molecule has 0 spiro atoms. The molecule has 0 amide bonds. The van der Waals surface area contributed by atoms with Crippen molar-refractivity contribution in [2.24, 2.45) is 0 Å². The highest BCUT2D eigenvalue weighted by atomic mass is 16.5. The number of hydrogen-bond donors (Lipinski definition) is 2. The van der Waals surface area contributed by atoms with E-state index in [0.29, 0.717) is 24.5 Å². The molecule has 1 aliphatic heterocycles. The van der Waals surface area contributed by atoms with Gasteiger partial charge in [-0.25, -0.2) is 19.7 Å². The summed E-state index contributed by atoms with van der Waals surface area (Å²) in [4.78, 5) is 27.2. The number of carbonyl (C=O) groups excluding carboxylic acids is 1. The Morgan fingerprint density at radius 1 is 1.38 bits per heavy atom. The zero-order chi connectivity index (χ0) is 18.4.